The van der Waals surface area contributed by atoms with E-state index in [1.54, 1.807) is 18.2 Å². The summed E-state index contributed by atoms with van der Waals surface area (Å²) in [5, 5.41) is 10.0. The monoisotopic (exact) mass is 282 g/mol. The van der Waals surface area contributed by atoms with Crippen LogP contribution in [0.5, 0.6) is 0 Å². The smallest absolute Gasteiger partial charge is 0.141 e. The Labute approximate surface area is 115 Å². The molecule has 1 unspecified atom stereocenters. The predicted octanol–water partition coefficient (Wildman–Crippen LogP) is 3.76. The van der Waals surface area contributed by atoms with Crippen molar-refractivity contribution in [2.45, 2.75) is 18.9 Å². The minimum absolute atomic E-state index is 0.0477. The fraction of sp³-hybridized carbons (Fsp3) is 0.200. The molecule has 1 N–H and O–H groups in total. The molecular formula is C15H13ClF2O. The van der Waals surface area contributed by atoms with Gasteiger partial charge in [-0.2, -0.15) is 0 Å². The Morgan fingerprint density at radius 2 is 1.53 bits per heavy atom. The highest BCUT2D eigenvalue weighted by atomic mass is 35.5. The van der Waals surface area contributed by atoms with Crippen molar-refractivity contribution in [1.29, 1.82) is 0 Å². The third kappa shape index (κ3) is 4.01. The van der Waals surface area contributed by atoms with Crippen molar-refractivity contribution >= 4 is 11.6 Å². The van der Waals surface area contributed by atoms with E-state index in [1.807, 2.05) is 0 Å². The molecule has 4 heteroatoms. The van der Waals surface area contributed by atoms with Crippen molar-refractivity contribution in [3.63, 3.8) is 0 Å². The second-order valence-corrected chi connectivity index (χ2v) is 4.84. The third-order valence-electron chi connectivity index (χ3n) is 2.84. The van der Waals surface area contributed by atoms with E-state index in [9.17, 15) is 13.9 Å². The Morgan fingerprint density at radius 1 is 0.947 bits per heavy atom. The van der Waals surface area contributed by atoms with Crippen LogP contribution in [0.3, 0.4) is 0 Å². The van der Waals surface area contributed by atoms with Crippen LogP contribution < -0.4 is 0 Å². The topological polar surface area (TPSA) is 20.2 Å². The first-order chi connectivity index (χ1) is 9.04. The van der Waals surface area contributed by atoms with Gasteiger partial charge in [-0.1, -0.05) is 29.8 Å². The van der Waals surface area contributed by atoms with Gasteiger partial charge in [0.25, 0.3) is 0 Å². The molecule has 100 valence electrons. The van der Waals surface area contributed by atoms with Gasteiger partial charge in [-0.05, 0) is 48.2 Å². The van der Waals surface area contributed by atoms with Crippen LogP contribution >= 0.6 is 11.6 Å². The van der Waals surface area contributed by atoms with Gasteiger partial charge >= 0.3 is 0 Å². The molecule has 0 spiro atoms. The average Bonchev–Trinajstić information content (AvgIpc) is 2.37. The van der Waals surface area contributed by atoms with E-state index >= 15 is 0 Å². The highest BCUT2D eigenvalue weighted by Gasteiger charge is 2.09. The van der Waals surface area contributed by atoms with Gasteiger partial charge in [-0.15, -0.1) is 0 Å². The van der Waals surface area contributed by atoms with Crippen LogP contribution in [0.15, 0.2) is 42.5 Å². The van der Waals surface area contributed by atoms with Crippen LogP contribution in [0, 0.1) is 11.6 Å². The van der Waals surface area contributed by atoms with E-state index in [4.69, 9.17) is 11.6 Å². The summed E-state index contributed by atoms with van der Waals surface area (Å²) in [5.41, 5.74) is 1.61. The lowest BCUT2D eigenvalue weighted by Crippen LogP contribution is -2.14. The van der Waals surface area contributed by atoms with Crippen LogP contribution in [-0.4, -0.2) is 11.2 Å². The molecule has 2 rings (SSSR count). The van der Waals surface area contributed by atoms with Gasteiger partial charge in [-0.3, -0.25) is 0 Å². The Bertz CT molecular complexity index is 555. The van der Waals surface area contributed by atoms with Crippen LogP contribution in [0.4, 0.5) is 8.78 Å². The summed E-state index contributed by atoms with van der Waals surface area (Å²) in [6.45, 7) is 0. The highest BCUT2D eigenvalue weighted by molar-refractivity contribution is 6.30. The summed E-state index contributed by atoms with van der Waals surface area (Å²) >= 11 is 5.68. The molecule has 19 heavy (non-hydrogen) atoms. The zero-order valence-corrected chi connectivity index (χ0v) is 10.9. The number of aliphatic hydroxyl groups excluding tert-OH is 1. The Balaban J connectivity index is 1.98. The van der Waals surface area contributed by atoms with Crippen molar-refractivity contribution in [2.24, 2.45) is 0 Å². The molecule has 0 radical (unpaired) electrons. The fourth-order valence-electron chi connectivity index (χ4n) is 1.90. The first-order valence-corrected chi connectivity index (χ1v) is 6.29. The number of hydrogen-bond donors (Lipinski definition) is 1. The standard InChI is InChI=1S/C15H13ClF2O/c16-14-9-11(3-6-15(14)18)8-13(19)7-10-1-4-12(17)5-2-10/h1-6,9,13,19H,7-8H2. The van der Waals surface area contributed by atoms with Crippen molar-refractivity contribution in [1.82, 2.24) is 0 Å². The van der Waals surface area contributed by atoms with Crippen molar-refractivity contribution in [3.05, 3.63) is 70.2 Å². The number of hydrogen-bond acceptors (Lipinski definition) is 1. The van der Waals surface area contributed by atoms with E-state index in [1.165, 1.54) is 24.3 Å². The molecule has 0 saturated heterocycles. The highest BCUT2D eigenvalue weighted by Crippen LogP contribution is 2.18. The molecular weight excluding hydrogens is 270 g/mol. The normalized spacial score (nSPS) is 12.4. The maximum absolute atomic E-state index is 13.0. The second kappa shape index (κ2) is 6.13. The SMILES string of the molecule is OC(Cc1ccc(F)cc1)Cc1ccc(F)c(Cl)c1. The zero-order valence-electron chi connectivity index (χ0n) is 10.1. The number of aliphatic hydroxyl groups is 1. The molecule has 0 amide bonds. The fourth-order valence-corrected chi connectivity index (χ4v) is 2.11. The van der Waals surface area contributed by atoms with Gasteiger partial charge in [0.1, 0.15) is 11.6 Å². The molecule has 0 bridgehead atoms. The van der Waals surface area contributed by atoms with Gasteiger partial charge < -0.3 is 5.11 Å². The Kier molecular flexibility index (Phi) is 4.51. The molecule has 0 fully saturated rings. The average molecular weight is 283 g/mol. The van der Waals surface area contributed by atoms with Crippen molar-refractivity contribution < 1.29 is 13.9 Å². The molecule has 0 heterocycles. The van der Waals surface area contributed by atoms with Gasteiger partial charge in [0.15, 0.2) is 0 Å². The molecule has 0 aliphatic rings. The molecule has 2 aromatic rings. The molecule has 1 atom stereocenters. The number of rotatable bonds is 4. The first-order valence-electron chi connectivity index (χ1n) is 5.91. The van der Waals surface area contributed by atoms with Gasteiger partial charge in [-0.25, -0.2) is 8.78 Å². The van der Waals surface area contributed by atoms with E-state index in [2.05, 4.69) is 0 Å². The van der Waals surface area contributed by atoms with E-state index < -0.39 is 11.9 Å². The predicted molar refractivity (Wildman–Crippen MR) is 71.2 cm³/mol. The van der Waals surface area contributed by atoms with Gasteiger partial charge in [0.2, 0.25) is 0 Å². The van der Waals surface area contributed by atoms with E-state index in [0.717, 1.165) is 11.1 Å². The molecule has 1 nitrogen and oxygen atoms in total. The second-order valence-electron chi connectivity index (χ2n) is 4.44. The zero-order chi connectivity index (χ0) is 13.8. The summed E-state index contributed by atoms with van der Waals surface area (Å²) in [6, 6.07) is 10.4. The molecule has 0 saturated carbocycles. The lowest BCUT2D eigenvalue weighted by atomic mass is 10.0. The molecule has 0 aliphatic heterocycles. The van der Waals surface area contributed by atoms with Crippen molar-refractivity contribution in [2.75, 3.05) is 0 Å². The summed E-state index contributed by atoms with van der Waals surface area (Å²) < 4.78 is 25.7. The Hall–Kier alpha value is -1.45. The van der Waals surface area contributed by atoms with Gasteiger partial charge in [0.05, 0.1) is 11.1 Å². The van der Waals surface area contributed by atoms with Crippen LogP contribution in [-0.2, 0) is 12.8 Å². The minimum Gasteiger partial charge on any atom is -0.392 e. The Morgan fingerprint density at radius 3 is 2.16 bits per heavy atom. The minimum atomic E-state index is -0.619. The number of benzene rings is 2. The molecule has 0 aliphatic carbocycles. The van der Waals surface area contributed by atoms with Crippen LogP contribution in [0.25, 0.3) is 0 Å². The quantitative estimate of drug-likeness (QED) is 0.905. The molecule has 2 aromatic carbocycles. The summed E-state index contributed by atoms with van der Waals surface area (Å²) in [5.74, 6) is -0.776. The maximum Gasteiger partial charge on any atom is 0.141 e. The number of halogens is 3. The van der Waals surface area contributed by atoms with Crippen LogP contribution in [0.1, 0.15) is 11.1 Å². The van der Waals surface area contributed by atoms with E-state index in [-0.39, 0.29) is 10.8 Å². The lowest BCUT2D eigenvalue weighted by Gasteiger charge is -2.11. The largest absolute Gasteiger partial charge is 0.392 e. The van der Waals surface area contributed by atoms with Crippen LogP contribution in [0.2, 0.25) is 5.02 Å². The van der Waals surface area contributed by atoms with Crippen molar-refractivity contribution in [3.8, 4) is 0 Å². The summed E-state index contributed by atoms with van der Waals surface area (Å²) in [6.07, 6.45) is 0.166. The third-order valence-corrected chi connectivity index (χ3v) is 3.13. The molecule has 0 aromatic heterocycles. The first kappa shape index (κ1) is 14.0. The summed E-state index contributed by atoms with van der Waals surface area (Å²) in [7, 11) is 0. The van der Waals surface area contributed by atoms with Gasteiger partial charge in [0, 0.05) is 0 Å². The summed E-state index contributed by atoms with van der Waals surface area (Å²) in [4.78, 5) is 0. The maximum atomic E-state index is 13.0. The van der Waals surface area contributed by atoms with E-state index in [0.29, 0.717) is 12.8 Å². The lowest BCUT2D eigenvalue weighted by molar-refractivity contribution is 0.175.